The van der Waals surface area contributed by atoms with Gasteiger partial charge in [-0.1, -0.05) is 6.07 Å². The van der Waals surface area contributed by atoms with Crippen LogP contribution >= 0.6 is 0 Å². The number of hydrogen-bond acceptors (Lipinski definition) is 6. The summed E-state index contributed by atoms with van der Waals surface area (Å²) in [5.41, 5.74) is 0.842. The van der Waals surface area contributed by atoms with Crippen molar-refractivity contribution >= 4 is 17.7 Å². The van der Waals surface area contributed by atoms with E-state index in [-0.39, 0.29) is 74.5 Å². The van der Waals surface area contributed by atoms with E-state index in [4.69, 9.17) is 14.2 Å². The maximum atomic E-state index is 13.8. The molecule has 2 aromatic rings. The molecule has 1 saturated heterocycles. The van der Waals surface area contributed by atoms with Crippen molar-refractivity contribution in [3.63, 3.8) is 0 Å². The molecule has 9 nitrogen and oxygen atoms in total. The lowest BCUT2D eigenvalue weighted by Crippen LogP contribution is -2.48. The van der Waals surface area contributed by atoms with Crippen LogP contribution in [0.25, 0.3) is 0 Å². The normalized spacial score (nSPS) is 21.9. The van der Waals surface area contributed by atoms with Crippen LogP contribution in [-0.2, 0) is 16.0 Å². The third-order valence-corrected chi connectivity index (χ3v) is 6.49. The zero-order valence-corrected chi connectivity index (χ0v) is 19.1. The van der Waals surface area contributed by atoms with Crippen molar-refractivity contribution in [2.24, 2.45) is 0 Å². The molecule has 184 valence electrons. The van der Waals surface area contributed by atoms with Crippen molar-refractivity contribution in [1.82, 2.24) is 15.5 Å². The van der Waals surface area contributed by atoms with Gasteiger partial charge in [0.2, 0.25) is 18.6 Å². The third-order valence-electron chi connectivity index (χ3n) is 6.49. The SMILES string of the molecule is O=C1C[C@@H]2CC[C@H](CNC(=O)c3cc(F)ccc3OCCN1)N2C(=O)Cc1ccc2c(c1)OCO2. The van der Waals surface area contributed by atoms with Gasteiger partial charge in [-0.15, -0.1) is 0 Å². The second kappa shape index (κ2) is 9.81. The van der Waals surface area contributed by atoms with Crippen molar-refractivity contribution in [3.05, 3.63) is 53.3 Å². The van der Waals surface area contributed by atoms with Gasteiger partial charge in [-0.2, -0.15) is 0 Å². The summed E-state index contributed by atoms with van der Waals surface area (Å²) in [4.78, 5) is 40.6. The fourth-order valence-electron chi connectivity index (χ4n) is 4.83. The van der Waals surface area contributed by atoms with Crippen LogP contribution in [0.5, 0.6) is 17.2 Å². The largest absolute Gasteiger partial charge is 0.491 e. The molecule has 2 bridgehead atoms. The second-order valence-electron chi connectivity index (χ2n) is 8.80. The van der Waals surface area contributed by atoms with Crippen LogP contribution in [0, 0.1) is 5.82 Å². The monoisotopic (exact) mass is 483 g/mol. The number of carbonyl (C=O) groups is 3. The molecule has 10 heteroatoms. The molecule has 2 atom stereocenters. The number of amides is 3. The number of carbonyl (C=O) groups excluding carboxylic acids is 3. The van der Waals surface area contributed by atoms with Gasteiger partial charge < -0.3 is 29.7 Å². The van der Waals surface area contributed by atoms with E-state index in [1.54, 1.807) is 17.0 Å². The van der Waals surface area contributed by atoms with Crippen molar-refractivity contribution in [3.8, 4) is 17.2 Å². The van der Waals surface area contributed by atoms with Crippen LogP contribution < -0.4 is 24.8 Å². The lowest BCUT2D eigenvalue weighted by Gasteiger charge is -2.31. The average Bonchev–Trinajstić information content (AvgIpc) is 3.47. The molecule has 0 saturated carbocycles. The number of nitrogens with zero attached hydrogens (tertiary/aromatic N) is 1. The Bertz CT molecular complexity index is 1160. The van der Waals surface area contributed by atoms with Gasteiger partial charge in [-0.25, -0.2) is 4.39 Å². The topological polar surface area (TPSA) is 106 Å². The fourth-order valence-corrected chi connectivity index (χ4v) is 4.83. The molecule has 3 aliphatic rings. The molecule has 2 aromatic carbocycles. The van der Waals surface area contributed by atoms with E-state index in [0.717, 1.165) is 11.6 Å². The Morgan fingerprint density at radius 2 is 1.77 bits per heavy atom. The molecule has 3 amide bonds. The van der Waals surface area contributed by atoms with E-state index in [0.29, 0.717) is 24.3 Å². The lowest BCUT2D eigenvalue weighted by molar-refractivity contribution is -0.134. The number of benzene rings is 2. The minimum Gasteiger partial charge on any atom is -0.491 e. The molecule has 2 N–H and O–H groups in total. The highest BCUT2D eigenvalue weighted by Gasteiger charge is 2.38. The number of nitrogens with one attached hydrogen (secondary N) is 2. The Hall–Kier alpha value is -3.82. The van der Waals surface area contributed by atoms with Crippen molar-refractivity contribution in [1.29, 1.82) is 0 Å². The molecule has 3 aliphatic heterocycles. The Labute approximate surface area is 201 Å². The molecule has 0 unspecified atom stereocenters. The van der Waals surface area contributed by atoms with Crippen LogP contribution in [-0.4, -0.2) is 61.2 Å². The summed E-state index contributed by atoms with van der Waals surface area (Å²) >= 11 is 0. The molecular weight excluding hydrogens is 457 g/mol. The van der Waals surface area contributed by atoms with Crippen molar-refractivity contribution in [2.45, 2.75) is 37.8 Å². The van der Waals surface area contributed by atoms with Gasteiger partial charge in [-0.05, 0) is 48.7 Å². The third kappa shape index (κ3) is 5.01. The summed E-state index contributed by atoms with van der Waals surface area (Å²) in [5, 5.41) is 5.63. The minimum atomic E-state index is -0.557. The van der Waals surface area contributed by atoms with E-state index < -0.39 is 11.7 Å². The highest BCUT2D eigenvalue weighted by Crippen LogP contribution is 2.33. The quantitative estimate of drug-likeness (QED) is 0.675. The van der Waals surface area contributed by atoms with Gasteiger partial charge in [0.25, 0.3) is 5.91 Å². The smallest absolute Gasteiger partial charge is 0.255 e. The molecule has 3 heterocycles. The van der Waals surface area contributed by atoms with Gasteiger partial charge in [0, 0.05) is 25.0 Å². The first-order valence-corrected chi connectivity index (χ1v) is 11.6. The van der Waals surface area contributed by atoms with E-state index in [1.807, 2.05) is 6.07 Å². The van der Waals surface area contributed by atoms with E-state index in [1.165, 1.54) is 12.1 Å². The maximum Gasteiger partial charge on any atom is 0.255 e. The van der Waals surface area contributed by atoms with Gasteiger partial charge >= 0.3 is 0 Å². The first kappa shape index (κ1) is 22.9. The fraction of sp³-hybridized carbons (Fsp3) is 0.400. The molecule has 0 spiro atoms. The van der Waals surface area contributed by atoms with Crippen LogP contribution in [0.4, 0.5) is 4.39 Å². The predicted molar refractivity (Wildman–Crippen MR) is 122 cm³/mol. The van der Waals surface area contributed by atoms with Crippen LogP contribution in [0.15, 0.2) is 36.4 Å². The molecule has 0 aliphatic carbocycles. The standard InChI is InChI=1S/C25H26FN3O6/c26-16-2-6-20-19(11-16)25(32)28-13-18-4-3-17(12-23(30)27-7-8-33-20)29(18)24(31)10-15-1-5-21-22(9-15)35-14-34-21/h1-2,5-6,9,11,17-18H,3-4,7-8,10,12-14H2,(H,27,30)(H,28,32)/t17-,18+/m0/s1. The predicted octanol–water partition coefficient (Wildman–Crippen LogP) is 1.79. The first-order chi connectivity index (χ1) is 17.0. The van der Waals surface area contributed by atoms with Gasteiger partial charge in [0.15, 0.2) is 11.5 Å². The van der Waals surface area contributed by atoms with Gasteiger partial charge in [-0.3, -0.25) is 14.4 Å². The summed E-state index contributed by atoms with van der Waals surface area (Å²) in [6.45, 7) is 0.673. The molecule has 5 rings (SSSR count). The highest BCUT2D eigenvalue weighted by molar-refractivity contribution is 5.97. The zero-order chi connectivity index (χ0) is 24.4. The summed E-state index contributed by atoms with van der Waals surface area (Å²) in [5.74, 6) is 0.111. The van der Waals surface area contributed by atoms with Crippen molar-refractivity contribution < 1.29 is 33.0 Å². The minimum absolute atomic E-state index is 0.0705. The average molecular weight is 483 g/mol. The van der Waals surface area contributed by atoms with Crippen LogP contribution in [0.1, 0.15) is 35.2 Å². The molecule has 0 aromatic heterocycles. The summed E-state index contributed by atoms with van der Waals surface area (Å²) in [6, 6.07) is 8.52. The molecule has 0 radical (unpaired) electrons. The Balaban J connectivity index is 1.37. The molecule has 1 fully saturated rings. The van der Waals surface area contributed by atoms with Gasteiger partial charge in [0.05, 0.1) is 18.5 Å². The van der Waals surface area contributed by atoms with E-state index in [9.17, 15) is 18.8 Å². The zero-order valence-electron chi connectivity index (χ0n) is 19.1. The Kier molecular flexibility index (Phi) is 6.43. The summed E-state index contributed by atoms with van der Waals surface area (Å²) in [6.07, 6.45) is 1.57. The summed E-state index contributed by atoms with van der Waals surface area (Å²) in [7, 11) is 0. The first-order valence-electron chi connectivity index (χ1n) is 11.6. The molecule has 35 heavy (non-hydrogen) atoms. The number of rotatable bonds is 2. The Morgan fingerprint density at radius 3 is 2.66 bits per heavy atom. The van der Waals surface area contributed by atoms with Crippen LogP contribution in [0.3, 0.4) is 0 Å². The van der Waals surface area contributed by atoms with E-state index in [2.05, 4.69) is 10.6 Å². The number of hydrogen-bond donors (Lipinski definition) is 2. The van der Waals surface area contributed by atoms with E-state index >= 15 is 0 Å². The number of fused-ring (bicyclic) bond motifs is 4. The molecular formula is C25H26FN3O6. The van der Waals surface area contributed by atoms with Gasteiger partial charge in [0.1, 0.15) is 18.2 Å². The maximum absolute atomic E-state index is 13.8. The summed E-state index contributed by atoms with van der Waals surface area (Å²) < 4.78 is 30.2. The second-order valence-corrected chi connectivity index (χ2v) is 8.80. The van der Waals surface area contributed by atoms with Crippen molar-refractivity contribution in [2.75, 3.05) is 26.5 Å². The highest BCUT2D eigenvalue weighted by atomic mass is 19.1. The van der Waals surface area contributed by atoms with Crippen LogP contribution in [0.2, 0.25) is 0 Å². The Morgan fingerprint density at radius 1 is 0.971 bits per heavy atom. The number of halogens is 1. The number of ether oxygens (including phenoxy) is 3. The lowest BCUT2D eigenvalue weighted by atomic mass is 10.1.